The van der Waals surface area contributed by atoms with Crippen molar-refractivity contribution in [2.45, 2.75) is 19.3 Å². The molecule has 0 saturated carbocycles. The molecule has 2 rings (SSSR count). The summed E-state index contributed by atoms with van der Waals surface area (Å²) >= 11 is 0. The number of hydroxylamine groups is 2. The van der Waals surface area contributed by atoms with Crippen LogP contribution in [-0.4, -0.2) is 25.0 Å². The van der Waals surface area contributed by atoms with Crippen LogP contribution in [0, 0.1) is 0 Å². The van der Waals surface area contributed by atoms with Crippen LogP contribution < -0.4 is 11.0 Å². The molecule has 0 heterocycles. The standard InChI is InChI=1S/C19H22N2O4/c1-3-24-20-17(22)19(18(23)21-25-4-2,15-11-7-5-8-12-15)16-13-9-6-10-14-16/h5-14H,3-4H2,1-2H3,(H,20,22)(H,21,23). The van der Waals surface area contributed by atoms with Gasteiger partial charge in [0.1, 0.15) is 0 Å². The second-order valence-electron chi connectivity index (χ2n) is 5.21. The number of carbonyl (C=O) groups is 2. The van der Waals surface area contributed by atoms with E-state index in [9.17, 15) is 9.59 Å². The summed E-state index contributed by atoms with van der Waals surface area (Å²) < 4.78 is 0. The second kappa shape index (κ2) is 8.96. The maximum atomic E-state index is 13.1. The van der Waals surface area contributed by atoms with Crippen LogP contribution in [0.25, 0.3) is 0 Å². The van der Waals surface area contributed by atoms with Gasteiger partial charge in [-0.3, -0.25) is 19.3 Å². The van der Waals surface area contributed by atoms with Crippen molar-refractivity contribution in [3.05, 3.63) is 71.8 Å². The molecule has 0 aliphatic carbocycles. The Hall–Kier alpha value is -2.70. The molecule has 0 aliphatic rings. The van der Waals surface area contributed by atoms with E-state index in [1.54, 1.807) is 62.4 Å². The molecule has 2 amide bonds. The molecule has 2 aromatic rings. The highest BCUT2D eigenvalue weighted by Gasteiger charge is 2.49. The quantitative estimate of drug-likeness (QED) is 0.569. The number of nitrogens with one attached hydrogen (secondary N) is 2. The molecule has 0 radical (unpaired) electrons. The molecule has 0 atom stereocenters. The molecule has 0 aliphatic heterocycles. The van der Waals surface area contributed by atoms with Crippen LogP contribution in [0.3, 0.4) is 0 Å². The fourth-order valence-corrected chi connectivity index (χ4v) is 2.60. The molecule has 6 nitrogen and oxygen atoms in total. The molecule has 0 fully saturated rings. The van der Waals surface area contributed by atoms with Crippen molar-refractivity contribution < 1.29 is 19.3 Å². The average Bonchev–Trinajstić information content (AvgIpc) is 2.67. The van der Waals surface area contributed by atoms with Crippen LogP contribution >= 0.6 is 0 Å². The molecule has 6 heteroatoms. The van der Waals surface area contributed by atoms with Gasteiger partial charge in [0.25, 0.3) is 11.8 Å². The van der Waals surface area contributed by atoms with Crippen molar-refractivity contribution in [2.75, 3.05) is 13.2 Å². The van der Waals surface area contributed by atoms with Crippen LogP contribution in [0.15, 0.2) is 60.7 Å². The van der Waals surface area contributed by atoms with Gasteiger partial charge in [-0.15, -0.1) is 0 Å². The Labute approximate surface area is 147 Å². The van der Waals surface area contributed by atoms with Gasteiger partial charge >= 0.3 is 0 Å². The van der Waals surface area contributed by atoms with Crippen molar-refractivity contribution in [3.63, 3.8) is 0 Å². The lowest BCUT2D eigenvalue weighted by molar-refractivity contribution is -0.149. The number of carbonyl (C=O) groups excluding carboxylic acids is 2. The minimum absolute atomic E-state index is 0.276. The molecule has 0 bridgehead atoms. The molecular weight excluding hydrogens is 320 g/mol. The van der Waals surface area contributed by atoms with Gasteiger partial charge in [0.05, 0.1) is 13.2 Å². The van der Waals surface area contributed by atoms with E-state index in [-0.39, 0.29) is 13.2 Å². The first-order chi connectivity index (χ1) is 12.2. The van der Waals surface area contributed by atoms with E-state index in [4.69, 9.17) is 9.68 Å². The van der Waals surface area contributed by atoms with Crippen LogP contribution in [0.5, 0.6) is 0 Å². The monoisotopic (exact) mass is 342 g/mol. The zero-order chi connectivity index (χ0) is 18.1. The predicted molar refractivity (Wildman–Crippen MR) is 93.2 cm³/mol. The SMILES string of the molecule is CCONC(=O)C(C(=O)NOCC)(c1ccccc1)c1ccccc1. The van der Waals surface area contributed by atoms with Gasteiger partial charge in [-0.25, -0.2) is 11.0 Å². The Kier molecular flexibility index (Phi) is 6.68. The Morgan fingerprint density at radius 1 is 0.760 bits per heavy atom. The number of hydrogen-bond acceptors (Lipinski definition) is 4. The van der Waals surface area contributed by atoms with Crippen LogP contribution in [0.1, 0.15) is 25.0 Å². The summed E-state index contributed by atoms with van der Waals surface area (Å²) in [4.78, 5) is 36.3. The van der Waals surface area contributed by atoms with Gasteiger partial charge in [-0.2, -0.15) is 0 Å². The Morgan fingerprint density at radius 2 is 1.12 bits per heavy atom. The Bertz CT molecular complexity index is 628. The minimum Gasteiger partial charge on any atom is -0.274 e. The van der Waals surface area contributed by atoms with Crippen molar-refractivity contribution in [2.24, 2.45) is 0 Å². The zero-order valence-electron chi connectivity index (χ0n) is 14.3. The smallest absolute Gasteiger partial charge is 0.268 e. The molecule has 132 valence electrons. The summed E-state index contributed by atoms with van der Waals surface area (Å²) in [6.07, 6.45) is 0. The largest absolute Gasteiger partial charge is 0.274 e. The average molecular weight is 342 g/mol. The third-order valence-electron chi connectivity index (χ3n) is 3.71. The fourth-order valence-electron chi connectivity index (χ4n) is 2.60. The lowest BCUT2D eigenvalue weighted by Gasteiger charge is -2.31. The molecule has 2 aromatic carbocycles. The normalized spacial score (nSPS) is 11.0. The van der Waals surface area contributed by atoms with Crippen LogP contribution in [0.2, 0.25) is 0 Å². The highest BCUT2D eigenvalue weighted by molar-refractivity contribution is 6.13. The van der Waals surface area contributed by atoms with Gasteiger partial charge in [0.2, 0.25) is 0 Å². The van der Waals surface area contributed by atoms with Gasteiger partial charge in [0, 0.05) is 0 Å². The van der Waals surface area contributed by atoms with Crippen LogP contribution in [-0.2, 0) is 24.7 Å². The fraction of sp³-hybridized carbons (Fsp3) is 0.263. The van der Waals surface area contributed by atoms with Gasteiger partial charge in [0.15, 0.2) is 5.41 Å². The summed E-state index contributed by atoms with van der Waals surface area (Å²) in [5, 5.41) is 0. The number of hydrogen-bond donors (Lipinski definition) is 2. The van der Waals surface area contributed by atoms with Crippen LogP contribution in [0.4, 0.5) is 0 Å². The summed E-state index contributed by atoms with van der Waals surface area (Å²) in [5.74, 6) is -1.19. The third-order valence-corrected chi connectivity index (χ3v) is 3.71. The highest BCUT2D eigenvalue weighted by atomic mass is 16.7. The molecule has 0 spiro atoms. The lowest BCUT2D eigenvalue weighted by Crippen LogP contribution is -2.55. The number of benzene rings is 2. The van der Waals surface area contributed by atoms with Crippen molar-refractivity contribution in [1.29, 1.82) is 0 Å². The third kappa shape index (κ3) is 3.87. The highest BCUT2D eigenvalue weighted by Crippen LogP contribution is 2.33. The second-order valence-corrected chi connectivity index (χ2v) is 5.21. The first-order valence-electron chi connectivity index (χ1n) is 8.13. The van der Waals surface area contributed by atoms with Crippen molar-refractivity contribution >= 4 is 11.8 Å². The van der Waals surface area contributed by atoms with Gasteiger partial charge < -0.3 is 0 Å². The zero-order valence-corrected chi connectivity index (χ0v) is 14.3. The predicted octanol–water partition coefficient (Wildman–Crippen LogP) is 2.11. The van der Waals surface area contributed by atoms with E-state index in [0.29, 0.717) is 11.1 Å². The topological polar surface area (TPSA) is 76.7 Å². The summed E-state index contributed by atoms with van der Waals surface area (Å²) in [7, 11) is 0. The van der Waals surface area contributed by atoms with E-state index in [1.165, 1.54) is 0 Å². The Balaban J connectivity index is 2.64. The molecular formula is C19H22N2O4. The van der Waals surface area contributed by atoms with E-state index in [1.807, 2.05) is 12.1 Å². The maximum absolute atomic E-state index is 13.1. The molecule has 25 heavy (non-hydrogen) atoms. The maximum Gasteiger partial charge on any atom is 0.268 e. The van der Waals surface area contributed by atoms with E-state index < -0.39 is 17.2 Å². The lowest BCUT2D eigenvalue weighted by atomic mass is 9.73. The molecule has 0 unspecified atom stereocenters. The summed E-state index contributed by atoms with van der Waals surface area (Å²) in [6, 6.07) is 17.6. The van der Waals surface area contributed by atoms with E-state index in [2.05, 4.69) is 11.0 Å². The van der Waals surface area contributed by atoms with Gasteiger partial charge in [-0.05, 0) is 25.0 Å². The van der Waals surface area contributed by atoms with Gasteiger partial charge in [-0.1, -0.05) is 60.7 Å². The Morgan fingerprint density at radius 3 is 1.44 bits per heavy atom. The first-order valence-corrected chi connectivity index (χ1v) is 8.13. The van der Waals surface area contributed by atoms with Crippen molar-refractivity contribution in [1.82, 2.24) is 11.0 Å². The van der Waals surface area contributed by atoms with Crippen molar-refractivity contribution in [3.8, 4) is 0 Å². The first kappa shape index (κ1) is 18.6. The minimum atomic E-state index is -1.65. The molecule has 2 N–H and O–H groups in total. The number of amides is 2. The van der Waals surface area contributed by atoms with E-state index in [0.717, 1.165) is 0 Å². The molecule has 0 saturated heterocycles. The molecule has 0 aromatic heterocycles. The van der Waals surface area contributed by atoms with E-state index >= 15 is 0 Å². The number of rotatable bonds is 8. The summed E-state index contributed by atoms with van der Waals surface area (Å²) in [5.41, 5.74) is 4.12. The summed E-state index contributed by atoms with van der Waals surface area (Å²) in [6.45, 7) is 4.04.